The molecular weight excluding hydrogens is 494 g/mol. The molecule has 0 amide bonds. The smallest absolute Gasteiger partial charge is 0.335 e. The molecule has 0 aromatic rings. The third-order valence-electron chi connectivity index (χ3n) is 8.57. The monoisotopic (exact) mass is 535 g/mol. The van der Waals surface area contributed by atoms with E-state index < -0.39 is 5.41 Å². The highest BCUT2D eigenvalue weighted by molar-refractivity contribution is 7.80. The third kappa shape index (κ3) is 6.17. The Kier molecular flexibility index (Phi) is 9.06. The molecule has 0 bridgehead atoms. The van der Waals surface area contributed by atoms with E-state index in [0.717, 1.165) is 24.8 Å². The molecule has 10 heteroatoms. The van der Waals surface area contributed by atoms with Gasteiger partial charge in [0.1, 0.15) is 19.3 Å². The fraction of sp³-hybridized carbons (Fsp3) is 0.704. The number of fused-ring (bicyclic) bond motifs is 1. The molecule has 0 radical (unpaired) electrons. The summed E-state index contributed by atoms with van der Waals surface area (Å²) in [4.78, 5) is 38.1. The number of hydrazine groups is 1. The van der Waals surface area contributed by atoms with Crippen molar-refractivity contribution in [3.63, 3.8) is 0 Å². The van der Waals surface area contributed by atoms with Gasteiger partial charge in [-0.1, -0.05) is 26.0 Å². The Morgan fingerprint density at radius 1 is 1.27 bits per heavy atom. The minimum atomic E-state index is -0.553. The van der Waals surface area contributed by atoms with E-state index in [0.29, 0.717) is 23.5 Å². The summed E-state index contributed by atoms with van der Waals surface area (Å²) in [5.74, 6) is -0.864. The SMILES string of the molecule is C=C1CC[C@@H]2[C@](C)(COC(C)=O)[C@H](OC(C)=O)CC[C@@]2(C)[C@@H]1C[C@H](NNC(=S)N(C)C)C1=CCOC1=O. The van der Waals surface area contributed by atoms with Crippen LogP contribution in [0.3, 0.4) is 0 Å². The van der Waals surface area contributed by atoms with Crippen LogP contribution >= 0.6 is 12.2 Å². The van der Waals surface area contributed by atoms with Crippen molar-refractivity contribution in [2.24, 2.45) is 22.7 Å². The van der Waals surface area contributed by atoms with Gasteiger partial charge >= 0.3 is 17.9 Å². The Morgan fingerprint density at radius 3 is 2.54 bits per heavy atom. The molecule has 9 nitrogen and oxygen atoms in total. The Hall–Kier alpha value is -2.46. The van der Waals surface area contributed by atoms with Crippen LogP contribution in [-0.2, 0) is 28.6 Å². The van der Waals surface area contributed by atoms with Crippen molar-refractivity contribution in [1.82, 2.24) is 15.8 Å². The van der Waals surface area contributed by atoms with Crippen LogP contribution in [0.4, 0.5) is 0 Å². The van der Waals surface area contributed by atoms with Gasteiger partial charge in [0.25, 0.3) is 0 Å². The molecule has 3 rings (SSSR count). The standard InChI is InChI=1S/C27H41N3O6S/c1-16-8-9-22-26(4,12-10-23(36-18(3)32)27(22,5)15-35-17(2)31)20(16)14-21(19-11-13-34-24(19)33)28-29-25(37)30(6)7/h11,20-23,28H,1,8-10,12-15H2,2-7H3,(H,29,37)/t20-,21+,22+,23-,26+,27+/m1/s1. The van der Waals surface area contributed by atoms with E-state index in [-0.39, 0.29) is 60.5 Å². The zero-order valence-electron chi connectivity index (χ0n) is 22.8. The molecule has 1 heterocycles. The van der Waals surface area contributed by atoms with Crippen LogP contribution in [0.25, 0.3) is 0 Å². The zero-order valence-corrected chi connectivity index (χ0v) is 23.7. The van der Waals surface area contributed by atoms with Crippen LogP contribution in [0.5, 0.6) is 0 Å². The van der Waals surface area contributed by atoms with E-state index in [4.69, 9.17) is 26.4 Å². The Bertz CT molecular complexity index is 981. The number of carbonyl (C=O) groups is 3. The highest BCUT2D eigenvalue weighted by Crippen LogP contribution is 2.62. The number of allylic oxidation sites excluding steroid dienone is 1. The van der Waals surface area contributed by atoms with Crippen molar-refractivity contribution in [2.75, 3.05) is 27.3 Å². The molecule has 0 saturated heterocycles. The summed E-state index contributed by atoms with van der Waals surface area (Å²) in [5.41, 5.74) is 7.26. The maximum Gasteiger partial charge on any atom is 0.335 e. The summed E-state index contributed by atoms with van der Waals surface area (Å²) in [6, 6.07) is -0.351. The second kappa shape index (κ2) is 11.5. The molecular formula is C27H41N3O6S. The Balaban J connectivity index is 1.94. The molecule has 2 aliphatic carbocycles. The molecule has 37 heavy (non-hydrogen) atoms. The Labute approximate surface area is 225 Å². The molecule has 3 aliphatic rings. The van der Waals surface area contributed by atoms with Gasteiger partial charge in [-0.25, -0.2) is 10.2 Å². The molecule has 1 aliphatic heterocycles. The van der Waals surface area contributed by atoms with Crippen molar-refractivity contribution in [3.8, 4) is 0 Å². The maximum atomic E-state index is 12.6. The van der Waals surface area contributed by atoms with Crippen LogP contribution in [0.15, 0.2) is 23.8 Å². The van der Waals surface area contributed by atoms with Crippen LogP contribution in [0.2, 0.25) is 0 Å². The van der Waals surface area contributed by atoms with E-state index in [9.17, 15) is 14.4 Å². The number of hydrogen-bond donors (Lipinski definition) is 2. The second-order valence-corrected chi connectivity index (χ2v) is 11.6. The number of nitrogens with one attached hydrogen (secondary N) is 2. The number of esters is 3. The Morgan fingerprint density at radius 2 is 1.97 bits per heavy atom. The number of nitrogens with zero attached hydrogens (tertiary/aromatic N) is 1. The molecule has 6 atom stereocenters. The van der Waals surface area contributed by atoms with E-state index in [1.54, 1.807) is 4.90 Å². The molecule has 206 valence electrons. The minimum Gasteiger partial charge on any atom is -0.465 e. The van der Waals surface area contributed by atoms with Gasteiger partial charge in [0.05, 0.1) is 11.6 Å². The van der Waals surface area contributed by atoms with E-state index in [1.807, 2.05) is 20.2 Å². The number of carbonyl (C=O) groups excluding carboxylic acids is 3. The summed E-state index contributed by atoms with van der Waals surface area (Å²) >= 11 is 5.39. The fourth-order valence-corrected chi connectivity index (χ4v) is 6.73. The number of cyclic esters (lactones) is 1. The normalized spacial score (nSPS) is 31.9. The van der Waals surface area contributed by atoms with Gasteiger partial charge in [-0.05, 0) is 67.6 Å². The first-order chi connectivity index (χ1) is 17.3. The molecule has 2 N–H and O–H groups in total. The second-order valence-electron chi connectivity index (χ2n) is 11.2. The number of ether oxygens (including phenoxy) is 3. The molecule has 0 aromatic carbocycles. The summed E-state index contributed by atoms with van der Waals surface area (Å²) in [6.45, 7) is 12.0. The predicted octanol–water partition coefficient (Wildman–Crippen LogP) is 3.05. The quantitative estimate of drug-likeness (QED) is 0.158. The largest absolute Gasteiger partial charge is 0.465 e. The van der Waals surface area contributed by atoms with Crippen molar-refractivity contribution < 1.29 is 28.6 Å². The number of rotatable bonds is 8. The predicted molar refractivity (Wildman–Crippen MR) is 143 cm³/mol. The van der Waals surface area contributed by atoms with Crippen LogP contribution in [0, 0.1) is 22.7 Å². The molecule has 0 unspecified atom stereocenters. The molecule has 2 fully saturated rings. The zero-order chi connectivity index (χ0) is 27.5. The average molecular weight is 536 g/mol. The lowest BCUT2D eigenvalue weighted by atomic mass is 9.46. The maximum absolute atomic E-state index is 12.6. The third-order valence-corrected chi connectivity index (χ3v) is 9.04. The average Bonchev–Trinajstić information content (AvgIpc) is 3.24. The van der Waals surface area contributed by atoms with Gasteiger partial charge in [-0.2, -0.15) is 0 Å². The minimum absolute atomic E-state index is 0.0581. The van der Waals surface area contributed by atoms with Crippen LogP contribution in [0.1, 0.15) is 59.8 Å². The fourth-order valence-electron chi connectivity index (χ4n) is 6.67. The van der Waals surface area contributed by atoms with Crippen molar-refractivity contribution in [2.45, 2.75) is 71.9 Å². The topological polar surface area (TPSA) is 106 Å². The number of hydrogen-bond acceptors (Lipinski definition) is 8. The van der Waals surface area contributed by atoms with Crippen molar-refractivity contribution in [1.29, 1.82) is 0 Å². The molecule has 0 spiro atoms. The molecule has 2 saturated carbocycles. The van der Waals surface area contributed by atoms with E-state index >= 15 is 0 Å². The van der Waals surface area contributed by atoms with E-state index in [1.165, 1.54) is 13.8 Å². The lowest BCUT2D eigenvalue weighted by Crippen LogP contribution is -2.59. The lowest BCUT2D eigenvalue weighted by Gasteiger charge is -2.60. The first-order valence-electron chi connectivity index (χ1n) is 12.9. The van der Waals surface area contributed by atoms with Gasteiger partial charge in [-0.3, -0.25) is 15.0 Å². The van der Waals surface area contributed by atoms with Crippen LogP contribution < -0.4 is 10.9 Å². The number of thiocarbonyl (C=S) groups is 1. The first-order valence-corrected chi connectivity index (χ1v) is 13.3. The summed E-state index contributed by atoms with van der Waals surface area (Å²) < 4.78 is 16.6. The summed E-state index contributed by atoms with van der Waals surface area (Å²) in [5, 5.41) is 0.499. The first kappa shape index (κ1) is 29.1. The molecule has 0 aromatic heterocycles. The van der Waals surface area contributed by atoms with Crippen LogP contribution in [-0.4, -0.2) is 67.4 Å². The highest BCUT2D eigenvalue weighted by atomic mass is 32.1. The van der Waals surface area contributed by atoms with Gasteiger partial charge in [0.15, 0.2) is 5.11 Å². The van der Waals surface area contributed by atoms with E-state index in [2.05, 4.69) is 31.3 Å². The van der Waals surface area contributed by atoms with Crippen molar-refractivity contribution in [3.05, 3.63) is 23.8 Å². The van der Waals surface area contributed by atoms with Gasteiger partial charge in [-0.15, -0.1) is 0 Å². The summed E-state index contributed by atoms with van der Waals surface area (Å²) in [7, 11) is 3.69. The lowest BCUT2D eigenvalue weighted by molar-refractivity contribution is -0.192. The van der Waals surface area contributed by atoms with Crippen molar-refractivity contribution >= 4 is 35.2 Å². The highest BCUT2D eigenvalue weighted by Gasteiger charge is 2.60. The van der Waals surface area contributed by atoms with Gasteiger partial charge in [0, 0.05) is 33.4 Å². The van der Waals surface area contributed by atoms with Gasteiger partial charge in [0.2, 0.25) is 0 Å². The summed E-state index contributed by atoms with van der Waals surface area (Å²) in [6.07, 6.45) is 5.19. The van der Waals surface area contributed by atoms with Gasteiger partial charge < -0.3 is 19.1 Å².